The van der Waals surface area contributed by atoms with Gasteiger partial charge in [0.05, 0.1) is 11.2 Å². The molecule has 4 aromatic carbocycles. The van der Waals surface area contributed by atoms with Crippen molar-refractivity contribution >= 4 is 90.2 Å². The van der Waals surface area contributed by atoms with Crippen LogP contribution in [0.15, 0.2) is 101 Å². The van der Waals surface area contributed by atoms with Crippen LogP contribution >= 0.6 is 50.5 Å². The minimum absolute atomic E-state index is 0.241. The standard InChI is InChI=1S/C30H18BrCl2N3O4S/c31-20-9-14-24(40-30(39)27-26(33)23-3-1-2-4-25(23)41-27)19(15-20)16-34-36-29(38)18-7-12-22(13-8-18)35-28(37)17-5-10-21(32)11-6-17/h1-16H,(H,35,37)(H,36,38)/b34-16-. The molecule has 0 fully saturated rings. The zero-order valence-corrected chi connectivity index (χ0v) is 24.8. The Morgan fingerprint density at radius 1 is 0.854 bits per heavy atom. The van der Waals surface area contributed by atoms with Crippen molar-refractivity contribution in [3.8, 4) is 5.75 Å². The van der Waals surface area contributed by atoms with Crippen LogP contribution in [0, 0.1) is 0 Å². The van der Waals surface area contributed by atoms with Crippen LogP contribution in [0.25, 0.3) is 10.1 Å². The first-order chi connectivity index (χ1) is 19.8. The number of nitrogens with one attached hydrogen (secondary N) is 2. The summed E-state index contributed by atoms with van der Waals surface area (Å²) in [7, 11) is 0. The van der Waals surface area contributed by atoms with Gasteiger partial charge >= 0.3 is 5.97 Å². The lowest BCUT2D eigenvalue weighted by Gasteiger charge is -2.08. The lowest BCUT2D eigenvalue weighted by Crippen LogP contribution is -2.18. The third-order valence-electron chi connectivity index (χ3n) is 5.78. The van der Waals surface area contributed by atoms with Gasteiger partial charge in [-0.3, -0.25) is 9.59 Å². The summed E-state index contributed by atoms with van der Waals surface area (Å²) < 4.78 is 7.24. The van der Waals surface area contributed by atoms with E-state index < -0.39 is 11.9 Å². The van der Waals surface area contributed by atoms with Gasteiger partial charge in [0, 0.05) is 42.0 Å². The number of fused-ring (bicyclic) bond motifs is 1. The summed E-state index contributed by atoms with van der Waals surface area (Å²) in [4.78, 5) is 38.2. The number of nitrogens with zero attached hydrogens (tertiary/aromatic N) is 1. The average molecular weight is 667 g/mol. The van der Waals surface area contributed by atoms with Crippen molar-refractivity contribution < 1.29 is 19.1 Å². The molecule has 0 radical (unpaired) electrons. The van der Waals surface area contributed by atoms with Gasteiger partial charge in [0.2, 0.25) is 0 Å². The van der Waals surface area contributed by atoms with E-state index in [0.29, 0.717) is 37.3 Å². The number of hydrogen-bond acceptors (Lipinski definition) is 6. The van der Waals surface area contributed by atoms with Crippen LogP contribution in [0.2, 0.25) is 10.0 Å². The van der Waals surface area contributed by atoms with E-state index in [2.05, 4.69) is 31.8 Å². The minimum atomic E-state index is -0.597. The number of carbonyl (C=O) groups is 3. The first kappa shape index (κ1) is 28.5. The van der Waals surface area contributed by atoms with Crippen LogP contribution in [0.4, 0.5) is 5.69 Å². The Morgan fingerprint density at radius 3 is 2.27 bits per heavy atom. The molecule has 0 saturated heterocycles. The molecule has 1 aromatic heterocycles. The number of esters is 1. The Labute approximate surface area is 256 Å². The molecule has 0 bridgehead atoms. The molecule has 5 rings (SSSR count). The van der Waals surface area contributed by atoms with E-state index in [1.54, 1.807) is 66.7 Å². The van der Waals surface area contributed by atoms with E-state index >= 15 is 0 Å². The zero-order chi connectivity index (χ0) is 28.9. The van der Waals surface area contributed by atoms with E-state index in [4.69, 9.17) is 27.9 Å². The summed E-state index contributed by atoms with van der Waals surface area (Å²) in [6.07, 6.45) is 1.37. The number of thiophene rings is 1. The molecule has 7 nitrogen and oxygen atoms in total. The number of carbonyl (C=O) groups excluding carboxylic acids is 3. The molecule has 5 aromatic rings. The molecular formula is C30H18BrCl2N3O4S. The predicted molar refractivity (Wildman–Crippen MR) is 167 cm³/mol. The maximum Gasteiger partial charge on any atom is 0.355 e. The molecule has 2 N–H and O–H groups in total. The molecule has 0 unspecified atom stereocenters. The van der Waals surface area contributed by atoms with Gasteiger partial charge in [0.15, 0.2) is 0 Å². The van der Waals surface area contributed by atoms with Crippen molar-refractivity contribution in [2.24, 2.45) is 5.10 Å². The highest BCUT2D eigenvalue weighted by atomic mass is 79.9. The fraction of sp³-hybridized carbons (Fsp3) is 0. The van der Waals surface area contributed by atoms with Gasteiger partial charge in [-0.2, -0.15) is 5.10 Å². The highest BCUT2D eigenvalue weighted by Crippen LogP contribution is 2.36. The van der Waals surface area contributed by atoms with Gasteiger partial charge in [-0.15, -0.1) is 11.3 Å². The number of ether oxygens (including phenoxy) is 1. The highest BCUT2D eigenvalue weighted by molar-refractivity contribution is 9.10. The molecule has 1 heterocycles. The van der Waals surface area contributed by atoms with E-state index in [9.17, 15) is 14.4 Å². The van der Waals surface area contributed by atoms with Crippen molar-refractivity contribution in [2.75, 3.05) is 5.32 Å². The second-order valence-electron chi connectivity index (χ2n) is 8.55. The van der Waals surface area contributed by atoms with Crippen molar-refractivity contribution in [3.63, 3.8) is 0 Å². The summed E-state index contributed by atoms with van der Waals surface area (Å²) in [5, 5.41) is 8.45. The number of hydrogen-bond donors (Lipinski definition) is 2. The van der Waals surface area contributed by atoms with E-state index in [0.717, 1.165) is 14.6 Å². The fourth-order valence-electron chi connectivity index (χ4n) is 3.74. The smallest absolute Gasteiger partial charge is 0.355 e. The van der Waals surface area contributed by atoms with Crippen molar-refractivity contribution in [1.29, 1.82) is 0 Å². The maximum absolute atomic E-state index is 12.9. The van der Waals surface area contributed by atoms with Gasteiger partial charge in [0.1, 0.15) is 10.6 Å². The second kappa shape index (κ2) is 12.7. The van der Waals surface area contributed by atoms with Crippen LogP contribution in [-0.4, -0.2) is 24.0 Å². The monoisotopic (exact) mass is 665 g/mol. The van der Waals surface area contributed by atoms with E-state index in [-0.39, 0.29) is 11.7 Å². The van der Waals surface area contributed by atoms with Crippen LogP contribution in [-0.2, 0) is 0 Å². The molecule has 41 heavy (non-hydrogen) atoms. The van der Waals surface area contributed by atoms with Crippen LogP contribution in [0.5, 0.6) is 5.75 Å². The normalized spacial score (nSPS) is 11.0. The second-order valence-corrected chi connectivity index (χ2v) is 11.3. The maximum atomic E-state index is 12.9. The Morgan fingerprint density at radius 2 is 1.54 bits per heavy atom. The third-order valence-corrected chi connectivity index (χ3v) is 8.18. The lowest BCUT2D eigenvalue weighted by molar-refractivity contribution is 0.0739. The Hall–Kier alpha value is -4.02. The van der Waals surface area contributed by atoms with Crippen LogP contribution in [0.1, 0.15) is 36.0 Å². The molecule has 0 aliphatic rings. The molecule has 0 spiro atoms. The van der Waals surface area contributed by atoms with Gasteiger partial charge in [-0.25, -0.2) is 10.2 Å². The Kier molecular flexibility index (Phi) is 8.80. The fourth-order valence-corrected chi connectivity index (χ4v) is 5.63. The van der Waals surface area contributed by atoms with Gasteiger partial charge < -0.3 is 10.1 Å². The lowest BCUT2D eigenvalue weighted by atomic mass is 10.1. The molecule has 2 amide bonds. The van der Waals surface area contributed by atoms with Crippen LogP contribution in [0.3, 0.4) is 0 Å². The molecule has 0 aliphatic heterocycles. The summed E-state index contributed by atoms with van der Waals surface area (Å²) in [5.74, 6) is -1.13. The summed E-state index contributed by atoms with van der Waals surface area (Å²) >= 11 is 16.9. The predicted octanol–water partition coefficient (Wildman–Crippen LogP) is 8.21. The quantitative estimate of drug-likeness (QED) is 0.0792. The number of benzene rings is 4. The largest absolute Gasteiger partial charge is 0.422 e. The number of halogens is 3. The average Bonchev–Trinajstić information content (AvgIpc) is 3.31. The number of amides is 2. The Balaban J connectivity index is 1.23. The molecule has 11 heteroatoms. The summed E-state index contributed by atoms with van der Waals surface area (Å²) in [6, 6.07) is 25.3. The zero-order valence-electron chi connectivity index (χ0n) is 20.9. The van der Waals surface area contributed by atoms with Gasteiger partial charge in [0.25, 0.3) is 11.8 Å². The molecule has 0 atom stereocenters. The first-order valence-electron chi connectivity index (χ1n) is 12.0. The molecule has 204 valence electrons. The number of rotatable bonds is 7. The SMILES string of the molecule is O=C(N/N=C\c1cc(Br)ccc1OC(=O)c1sc2ccccc2c1Cl)c1ccc(NC(=O)c2ccc(Cl)cc2)cc1. The van der Waals surface area contributed by atoms with Gasteiger partial charge in [-0.1, -0.05) is 57.3 Å². The van der Waals surface area contributed by atoms with Gasteiger partial charge in [-0.05, 0) is 72.8 Å². The molecular weight excluding hydrogens is 649 g/mol. The molecule has 0 saturated carbocycles. The summed E-state index contributed by atoms with van der Waals surface area (Å²) in [5.41, 5.74) is 4.20. The minimum Gasteiger partial charge on any atom is -0.422 e. The topological polar surface area (TPSA) is 96.9 Å². The number of anilines is 1. The van der Waals surface area contributed by atoms with E-state index in [1.165, 1.54) is 17.6 Å². The first-order valence-corrected chi connectivity index (χ1v) is 14.3. The third kappa shape index (κ3) is 6.83. The highest BCUT2D eigenvalue weighted by Gasteiger charge is 2.20. The van der Waals surface area contributed by atoms with E-state index in [1.807, 2.05) is 24.3 Å². The summed E-state index contributed by atoms with van der Waals surface area (Å²) in [6.45, 7) is 0. The van der Waals surface area contributed by atoms with Crippen molar-refractivity contribution in [2.45, 2.75) is 0 Å². The van der Waals surface area contributed by atoms with Crippen molar-refractivity contribution in [1.82, 2.24) is 5.43 Å². The van der Waals surface area contributed by atoms with Crippen LogP contribution < -0.4 is 15.5 Å². The Bertz CT molecular complexity index is 1810. The number of hydrazone groups is 1. The molecule has 0 aliphatic carbocycles. The van der Waals surface area contributed by atoms with Crippen molar-refractivity contribution in [3.05, 3.63) is 127 Å².